The first kappa shape index (κ1) is 14.8. The molecule has 6 heteroatoms. The fraction of sp³-hybridized carbons (Fsp3) is 0.364. The van der Waals surface area contributed by atoms with Crippen LogP contribution in [0.5, 0.6) is 0 Å². The average molecular weight is 340 g/mol. The van der Waals surface area contributed by atoms with Crippen LogP contribution in [0.3, 0.4) is 0 Å². The molecule has 0 fully saturated rings. The molecule has 0 N–H and O–H groups in total. The van der Waals surface area contributed by atoms with Crippen LogP contribution in [-0.4, -0.2) is 20.5 Å². The number of carbonyl (C=O) groups is 1. The minimum Gasteiger partial charge on any atom is -0.267 e. The van der Waals surface area contributed by atoms with Gasteiger partial charge in [0.15, 0.2) is 0 Å². The SMILES string of the molecule is CC(C)(C)N(C(=O)c1ccccc1Br)N(Cl)Cl. The van der Waals surface area contributed by atoms with Crippen molar-refractivity contribution in [1.29, 1.82) is 0 Å². The second kappa shape index (κ2) is 5.57. The van der Waals surface area contributed by atoms with Gasteiger partial charge in [0.05, 0.1) is 11.1 Å². The van der Waals surface area contributed by atoms with Crippen molar-refractivity contribution in [3.05, 3.63) is 34.3 Å². The summed E-state index contributed by atoms with van der Waals surface area (Å²) in [7, 11) is 0. The maximum atomic E-state index is 12.3. The van der Waals surface area contributed by atoms with E-state index in [0.717, 1.165) is 4.05 Å². The van der Waals surface area contributed by atoms with Crippen molar-refractivity contribution in [3.63, 3.8) is 0 Å². The molecule has 17 heavy (non-hydrogen) atoms. The lowest BCUT2D eigenvalue weighted by Gasteiger charge is -2.36. The Labute approximate surface area is 120 Å². The Bertz CT molecular complexity index is 418. The van der Waals surface area contributed by atoms with Crippen LogP contribution in [-0.2, 0) is 0 Å². The standard InChI is InChI=1S/C11H13BrCl2N2O/c1-11(2,3)15(16(13)14)10(17)8-6-4-5-7-9(8)12/h4-7H,1-3H3. The summed E-state index contributed by atoms with van der Waals surface area (Å²) < 4.78 is 1.47. The molecule has 0 aromatic heterocycles. The first-order valence-electron chi connectivity index (χ1n) is 4.96. The summed E-state index contributed by atoms with van der Waals surface area (Å²) in [5.41, 5.74) is -0.00991. The second-order valence-corrected chi connectivity index (χ2v) is 6.15. The van der Waals surface area contributed by atoms with Gasteiger partial charge in [-0.25, -0.2) is 5.01 Å². The van der Waals surface area contributed by atoms with Crippen LogP contribution in [0.15, 0.2) is 28.7 Å². The number of hydrazine groups is 1. The normalized spacial score (nSPS) is 11.7. The van der Waals surface area contributed by atoms with E-state index in [1.165, 1.54) is 5.01 Å². The molecule has 0 unspecified atom stereocenters. The molecule has 0 heterocycles. The van der Waals surface area contributed by atoms with E-state index in [2.05, 4.69) is 15.9 Å². The van der Waals surface area contributed by atoms with Crippen LogP contribution in [0.25, 0.3) is 0 Å². The molecule has 1 amide bonds. The van der Waals surface area contributed by atoms with E-state index < -0.39 is 5.54 Å². The molecular weight excluding hydrogens is 327 g/mol. The van der Waals surface area contributed by atoms with E-state index in [1.807, 2.05) is 26.8 Å². The lowest BCUT2D eigenvalue weighted by molar-refractivity contribution is 0.0243. The van der Waals surface area contributed by atoms with E-state index in [1.54, 1.807) is 18.2 Å². The summed E-state index contributed by atoms with van der Waals surface area (Å²) >= 11 is 14.8. The number of hydrogen-bond acceptors (Lipinski definition) is 2. The van der Waals surface area contributed by atoms with Crippen molar-refractivity contribution in [3.8, 4) is 0 Å². The predicted molar refractivity (Wildman–Crippen MR) is 73.6 cm³/mol. The highest BCUT2D eigenvalue weighted by molar-refractivity contribution is 9.10. The van der Waals surface area contributed by atoms with E-state index >= 15 is 0 Å². The Hall–Kier alpha value is -0.290. The Morgan fingerprint density at radius 1 is 1.24 bits per heavy atom. The van der Waals surface area contributed by atoms with Gasteiger partial charge in [-0.1, -0.05) is 12.1 Å². The number of benzene rings is 1. The van der Waals surface area contributed by atoms with Crippen LogP contribution < -0.4 is 0 Å². The summed E-state index contributed by atoms with van der Waals surface area (Å²) in [6.07, 6.45) is 0. The second-order valence-electron chi connectivity index (χ2n) is 4.48. The maximum Gasteiger partial charge on any atom is 0.271 e. The molecule has 1 rings (SSSR count). The van der Waals surface area contributed by atoms with Gasteiger partial charge in [-0.3, -0.25) is 4.79 Å². The molecule has 0 aliphatic heterocycles. The van der Waals surface area contributed by atoms with E-state index in [9.17, 15) is 4.79 Å². The predicted octanol–water partition coefficient (Wildman–Crippen LogP) is 4.21. The van der Waals surface area contributed by atoms with Crippen molar-refractivity contribution >= 4 is 45.4 Å². The number of halogens is 3. The maximum absolute atomic E-state index is 12.3. The molecular formula is C11H13BrCl2N2O. The van der Waals surface area contributed by atoms with Gasteiger partial charge in [-0.2, -0.15) is 0 Å². The number of hydrogen-bond donors (Lipinski definition) is 0. The van der Waals surface area contributed by atoms with Crippen molar-refractivity contribution in [2.75, 3.05) is 0 Å². The summed E-state index contributed by atoms with van der Waals surface area (Å²) in [4.78, 5) is 12.3. The monoisotopic (exact) mass is 338 g/mol. The first-order chi connectivity index (χ1) is 7.75. The molecule has 0 radical (unpaired) electrons. The topological polar surface area (TPSA) is 23.6 Å². The first-order valence-corrected chi connectivity index (χ1v) is 6.42. The van der Waals surface area contributed by atoms with Crippen LogP contribution in [0, 0.1) is 0 Å². The molecule has 0 saturated heterocycles. The lowest BCUT2D eigenvalue weighted by Crippen LogP contribution is -2.49. The third kappa shape index (κ3) is 3.58. The number of nitrogens with zero attached hydrogens (tertiary/aromatic N) is 2. The minimum absolute atomic E-state index is 0.269. The fourth-order valence-electron chi connectivity index (χ4n) is 1.35. The molecule has 3 nitrogen and oxygen atoms in total. The van der Waals surface area contributed by atoms with Gasteiger partial charge in [0.25, 0.3) is 5.91 Å². The zero-order valence-corrected chi connectivity index (χ0v) is 12.8. The molecule has 0 aliphatic rings. The highest BCUT2D eigenvalue weighted by atomic mass is 79.9. The van der Waals surface area contributed by atoms with E-state index in [-0.39, 0.29) is 5.91 Å². The molecule has 1 aromatic rings. The Kier molecular flexibility index (Phi) is 4.84. The van der Waals surface area contributed by atoms with Crippen LogP contribution in [0.1, 0.15) is 31.1 Å². The van der Waals surface area contributed by atoms with Crippen LogP contribution >= 0.6 is 39.5 Å². The zero-order valence-electron chi connectivity index (χ0n) is 9.75. The van der Waals surface area contributed by atoms with E-state index in [0.29, 0.717) is 10.0 Å². The lowest BCUT2D eigenvalue weighted by atomic mass is 10.1. The minimum atomic E-state index is -0.518. The summed E-state index contributed by atoms with van der Waals surface area (Å²) in [5, 5.41) is 1.27. The molecule has 1 aromatic carbocycles. The van der Waals surface area contributed by atoms with Crippen LogP contribution in [0.4, 0.5) is 0 Å². The molecule has 0 bridgehead atoms. The summed E-state index contributed by atoms with van der Waals surface area (Å²) in [6.45, 7) is 5.54. The van der Waals surface area contributed by atoms with Gasteiger partial charge in [0, 0.05) is 28.0 Å². The van der Waals surface area contributed by atoms with Gasteiger partial charge >= 0.3 is 0 Å². The van der Waals surface area contributed by atoms with E-state index in [4.69, 9.17) is 23.6 Å². The molecule has 0 aliphatic carbocycles. The number of amides is 1. The third-order valence-electron chi connectivity index (χ3n) is 2.08. The largest absolute Gasteiger partial charge is 0.271 e. The Balaban J connectivity index is 3.14. The molecule has 0 spiro atoms. The van der Waals surface area contributed by atoms with Crippen LogP contribution in [0.2, 0.25) is 0 Å². The summed E-state index contributed by atoms with van der Waals surface area (Å²) in [5.74, 6) is -0.269. The molecule has 0 atom stereocenters. The molecule has 0 saturated carbocycles. The highest BCUT2D eigenvalue weighted by Crippen LogP contribution is 2.26. The average Bonchev–Trinajstić information content (AvgIpc) is 2.15. The van der Waals surface area contributed by atoms with Crippen molar-refractivity contribution in [2.24, 2.45) is 0 Å². The van der Waals surface area contributed by atoms with Crippen molar-refractivity contribution in [1.82, 2.24) is 9.06 Å². The third-order valence-corrected chi connectivity index (χ3v) is 3.08. The van der Waals surface area contributed by atoms with Gasteiger partial charge in [0.1, 0.15) is 0 Å². The smallest absolute Gasteiger partial charge is 0.267 e. The summed E-state index contributed by atoms with van der Waals surface area (Å²) in [6, 6.07) is 7.12. The Morgan fingerprint density at radius 2 is 1.76 bits per heavy atom. The van der Waals surface area contributed by atoms with Gasteiger partial charge in [-0.05, 0) is 52.9 Å². The van der Waals surface area contributed by atoms with Crippen molar-refractivity contribution in [2.45, 2.75) is 26.3 Å². The number of carbonyl (C=O) groups excluding carboxylic acids is 1. The number of rotatable bonds is 2. The van der Waals surface area contributed by atoms with Gasteiger partial charge in [-0.15, -0.1) is 0 Å². The fourth-order valence-corrected chi connectivity index (χ4v) is 2.39. The quantitative estimate of drug-likeness (QED) is 0.595. The van der Waals surface area contributed by atoms with Crippen molar-refractivity contribution < 1.29 is 4.79 Å². The van der Waals surface area contributed by atoms with Gasteiger partial charge in [0.2, 0.25) is 0 Å². The van der Waals surface area contributed by atoms with Gasteiger partial charge < -0.3 is 0 Å². The zero-order chi connectivity index (χ0) is 13.2. The Morgan fingerprint density at radius 3 is 2.18 bits per heavy atom. The molecule has 94 valence electrons. The highest BCUT2D eigenvalue weighted by Gasteiger charge is 2.32.